The van der Waals surface area contributed by atoms with Crippen LogP contribution in [0.25, 0.3) is 0 Å². The van der Waals surface area contributed by atoms with Gasteiger partial charge in [-0.25, -0.2) is 4.79 Å². The van der Waals surface area contributed by atoms with Crippen LogP contribution in [-0.2, 0) is 15.1 Å². The van der Waals surface area contributed by atoms with Crippen molar-refractivity contribution < 1.29 is 14.4 Å². The van der Waals surface area contributed by atoms with Crippen LogP contribution >= 0.6 is 23.2 Å². The summed E-state index contributed by atoms with van der Waals surface area (Å²) in [6, 6.07) is 4.09. The van der Waals surface area contributed by atoms with Gasteiger partial charge in [0, 0.05) is 22.2 Å². The largest absolute Gasteiger partial charge is 0.354 e. The summed E-state index contributed by atoms with van der Waals surface area (Å²) in [6.07, 6.45) is 7.60. The molecule has 1 heterocycles. The summed E-state index contributed by atoms with van der Waals surface area (Å²) in [6.45, 7) is 1.73. The Morgan fingerprint density at radius 1 is 1.29 bits per heavy atom. The van der Waals surface area contributed by atoms with E-state index in [1.807, 2.05) is 0 Å². The van der Waals surface area contributed by atoms with Crippen molar-refractivity contribution in [1.82, 2.24) is 15.5 Å². The number of hydrogen-bond donors (Lipinski definition) is 2. The molecule has 1 saturated heterocycles. The second-order valence-corrected chi connectivity index (χ2v) is 8.12. The topological polar surface area (TPSA) is 78.5 Å². The molecule has 1 aliphatic carbocycles. The zero-order chi connectivity index (χ0) is 20.3. The van der Waals surface area contributed by atoms with Crippen molar-refractivity contribution in [3.63, 3.8) is 0 Å². The number of rotatable bonds is 6. The molecule has 0 spiro atoms. The van der Waals surface area contributed by atoms with E-state index >= 15 is 0 Å². The maximum absolute atomic E-state index is 12.9. The number of amides is 4. The Balaban J connectivity index is 1.61. The minimum atomic E-state index is -1.34. The Hall–Kier alpha value is -2.05. The molecule has 8 heteroatoms. The zero-order valence-corrected chi connectivity index (χ0v) is 17.2. The maximum Gasteiger partial charge on any atom is 0.325 e. The van der Waals surface area contributed by atoms with Gasteiger partial charge in [-0.3, -0.25) is 14.5 Å². The SMILES string of the molecule is C[C@@]1(c2ccc(Cl)cc2Cl)NC(=O)N(CC(=O)NCCC2=CCCCC2)C1=O. The molecule has 0 aromatic heterocycles. The molecular weight excluding hydrogens is 401 g/mol. The number of nitrogens with one attached hydrogen (secondary N) is 2. The van der Waals surface area contributed by atoms with Gasteiger partial charge in [0.05, 0.1) is 0 Å². The Labute approximate surface area is 174 Å². The van der Waals surface area contributed by atoms with Crippen LogP contribution in [0.5, 0.6) is 0 Å². The molecule has 6 nitrogen and oxygen atoms in total. The lowest BCUT2D eigenvalue weighted by Gasteiger charge is -2.23. The summed E-state index contributed by atoms with van der Waals surface area (Å²) in [5.74, 6) is -0.891. The molecule has 150 valence electrons. The predicted molar refractivity (Wildman–Crippen MR) is 108 cm³/mol. The molecule has 28 heavy (non-hydrogen) atoms. The van der Waals surface area contributed by atoms with Gasteiger partial charge in [0.1, 0.15) is 12.1 Å². The fraction of sp³-hybridized carbons (Fsp3) is 0.450. The Morgan fingerprint density at radius 3 is 2.75 bits per heavy atom. The van der Waals surface area contributed by atoms with E-state index in [9.17, 15) is 14.4 Å². The summed E-state index contributed by atoms with van der Waals surface area (Å²) in [4.78, 5) is 38.4. The van der Waals surface area contributed by atoms with Crippen LogP contribution < -0.4 is 10.6 Å². The average Bonchev–Trinajstić information content (AvgIpc) is 2.86. The Bertz CT molecular complexity index is 840. The molecule has 1 aromatic rings. The third-order valence-corrected chi connectivity index (χ3v) is 5.75. The van der Waals surface area contributed by atoms with Gasteiger partial charge in [-0.15, -0.1) is 0 Å². The van der Waals surface area contributed by atoms with Crippen LogP contribution in [-0.4, -0.2) is 35.8 Å². The van der Waals surface area contributed by atoms with Crippen LogP contribution in [0.4, 0.5) is 4.79 Å². The van der Waals surface area contributed by atoms with Crippen molar-refractivity contribution >= 4 is 41.0 Å². The minimum absolute atomic E-state index is 0.274. The highest BCUT2D eigenvalue weighted by atomic mass is 35.5. The highest BCUT2D eigenvalue weighted by Gasteiger charge is 2.50. The maximum atomic E-state index is 12.9. The number of benzene rings is 1. The average molecular weight is 424 g/mol. The summed E-state index contributed by atoms with van der Waals surface area (Å²) in [5, 5.41) is 6.13. The molecule has 0 unspecified atom stereocenters. The van der Waals surface area contributed by atoms with Crippen molar-refractivity contribution in [2.75, 3.05) is 13.1 Å². The number of hydrogen-bond acceptors (Lipinski definition) is 3. The normalized spacial score (nSPS) is 22.1. The molecule has 0 radical (unpaired) electrons. The van der Waals surface area contributed by atoms with Gasteiger partial charge < -0.3 is 10.6 Å². The number of carbonyl (C=O) groups excluding carboxylic acids is 3. The van der Waals surface area contributed by atoms with Gasteiger partial charge in [0.2, 0.25) is 5.91 Å². The van der Waals surface area contributed by atoms with E-state index in [4.69, 9.17) is 23.2 Å². The van der Waals surface area contributed by atoms with E-state index in [1.165, 1.54) is 24.5 Å². The van der Waals surface area contributed by atoms with Crippen LogP contribution in [0.15, 0.2) is 29.8 Å². The molecule has 1 aromatic carbocycles. The van der Waals surface area contributed by atoms with Crippen molar-refractivity contribution in [3.05, 3.63) is 45.5 Å². The molecular formula is C20H23Cl2N3O3. The van der Waals surface area contributed by atoms with E-state index in [0.717, 1.165) is 24.2 Å². The lowest BCUT2D eigenvalue weighted by Crippen LogP contribution is -2.43. The first-order valence-corrected chi connectivity index (χ1v) is 10.1. The first-order valence-electron chi connectivity index (χ1n) is 9.35. The van der Waals surface area contributed by atoms with Crippen molar-refractivity contribution in [2.24, 2.45) is 0 Å². The minimum Gasteiger partial charge on any atom is -0.354 e. The van der Waals surface area contributed by atoms with Gasteiger partial charge in [0.25, 0.3) is 5.91 Å². The van der Waals surface area contributed by atoms with Gasteiger partial charge in [-0.2, -0.15) is 0 Å². The second-order valence-electron chi connectivity index (χ2n) is 7.28. The van der Waals surface area contributed by atoms with Crippen molar-refractivity contribution in [2.45, 2.75) is 44.6 Å². The smallest absolute Gasteiger partial charge is 0.325 e. The number of carbonyl (C=O) groups is 3. The van der Waals surface area contributed by atoms with Crippen LogP contribution in [0.2, 0.25) is 10.0 Å². The third kappa shape index (κ3) is 4.33. The second kappa shape index (κ2) is 8.53. The van der Waals surface area contributed by atoms with Crippen LogP contribution in [0, 0.1) is 0 Å². The molecule has 2 N–H and O–H groups in total. The van der Waals surface area contributed by atoms with E-state index in [2.05, 4.69) is 16.7 Å². The van der Waals surface area contributed by atoms with E-state index in [-0.39, 0.29) is 17.5 Å². The number of urea groups is 1. The highest BCUT2D eigenvalue weighted by Crippen LogP contribution is 2.34. The highest BCUT2D eigenvalue weighted by molar-refractivity contribution is 6.35. The molecule has 2 aliphatic rings. The van der Waals surface area contributed by atoms with Crippen LogP contribution in [0.1, 0.15) is 44.6 Å². The monoisotopic (exact) mass is 423 g/mol. The fourth-order valence-electron chi connectivity index (χ4n) is 3.61. The number of nitrogens with zero attached hydrogens (tertiary/aromatic N) is 1. The molecule has 1 fully saturated rings. The number of imide groups is 1. The zero-order valence-electron chi connectivity index (χ0n) is 15.7. The Kier molecular flexibility index (Phi) is 6.30. The molecule has 0 saturated carbocycles. The first kappa shape index (κ1) is 20.7. The van der Waals surface area contributed by atoms with Gasteiger partial charge in [0.15, 0.2) is 0 Å². The Morgan fingerprint density at radius 2 is 2.07 bits per heavy atom. The van der Waals surface area contributed by atoms with Gasteiger partial charge in [-0.1, -0.05) is 40.9 Å². The van der Waals surface area contributed by atoms with Crippen molar-refractivity contribution in [3.8, 4) is 0 Å². The summed E-state index contributed by atoms with van der Waals surface area (Å²) in [5.41, 5.74) is 0.446. The number of halogens is 2. The summed E-state index contributed by atoms with van der Waals surface area (Å²) in [7, 11) is 0. The molecule has 3 rings (SSSR count). The van der Waals surface area contributed by atoms with Crippen LogP contribution in [0.3, 0.4) is 0 Å². The summed E-state index contributed by atoms with van der Waals surface area (Å²) >= 11 is 12.1. The standard InChI is InChI=1S/C20H23Cl2N3O3/c1-20(15-8-7-14(21)11-16(15)22)18(27)25(19(28)24-20)12-17(26)23-10-9-13-5-3-2-4-6-13/h5,7-8,11H,2-4,6,9-10,12H2,1H3,(H,23,26)(H,24,28)/t20-/m0/s1. The summed E-state index contributed by atoms with van der Waals surface area (Å²) < 4.78 is 0. The lowest BCUT2D eigenvalue weighted by molar-refractivity contribution is -0.134. The van der Waals surface area contributed by atoms with E-state index in [0.29, 0.717) is 17.1 Å². The molecule has 4 amide bonds. The lowest BCUT2D eigenvalue weighted by atomic mass is 9.92. The quantitative estimate of drug-likeness (QED) is 0.539. The van der Waals surface area contributed by atoms with E-state index in [1.54, 1.807) is 19.1 Å². The third-order valence-electron chi connectivity index (χ3n) is 5.20. The number of allylic oxidation sites excluding steroid dienone is 1. The fourth-order valence-corrected chi connectivity index (χ4v) is 4.21. The molecule has 1 atom stereocenters. The molecule has 0 bridgehead atoms. The van der Waals surface area contributed by atoms with E-state index < -0.39 is 17.5 Å². The van der Waals surface area contributed by atoms with Gasteiger partial charge >= 0.3 is 6.03 Å². The first-order chi connectivity index (χ1) is 13.3. The van der Waals surface area contributed by atoms with Crippen molar-refractivity contribution in [1.29, 1.82) is 0 Å². The predicted octanol–water partition coefficient (Wildman–Crippen LogP) is 3.77. The molecule has 1 aliphatic heterocycles. The van der Waals surface area contributed by atoms with Gasteiger partial charge in [-0.05, 0) is 51.2 Å².